The number of likely N-dealkylation sites (tertiary alicyclic amines) is 1. The molecule has 8 nitrogen and oxygen atoms in total. The fourth-order valence-electron chi connectivity index (χ4n) is 3.60. The predicted molar refractivity (Wildman–Crippen MR) is 106 cm³/mol. The second-order valence-corrected chi connectivity index (χ2v) is 7.02. The number of imidazole rings is 1. The van der Waals surface area contributed by atoms with Gasteiger partial charge < -0.3 is 20.2 Å². The van der Waals surface area contributed by atoms with Crippen molar-refractivity contribution in [2.45, 2.75) is 25.7 Å². The number of benzene rings is 1. The van der Waals surface area contributed by atoms with Crippen molar-refractivity contribution in [1.29, 1.82) is 0 Å². The minimum atomic E-state index is -0.153. The Morgan fingerprint density at radius 3 is 3.00 bits per heavy atom. The Hall–Kier alpha value is -3.42. The number of H-pyrrole nitrogens is 2. The lowest BCUT2D eigenvalue weighted by molar-refractivity contribution is 0.192. The molecule has 0 spiro atoms. The average Bonchev–Trinajstić information content (AvgIpc) is 3.22. The number of hydrogen-bond acceptors (Lipinski definition) is 4. The normalized spacial score (nSPS) is 16.8. The average molecular weight is 378 g/mol. The summed E-state index contributed by atoms with van der Waals surface area (Å²) in [6, 6.07) is 9.02. The maximum atomic E-state index is 12.8. The zero-order valence-corrected chi connectivity index (χ0v) is 15.6. The predicted octanol–water partition coefficient (Wildman–Crippen LogP) is 2.88. The number of rotatable bonds is 3. The number of amides is 2. The molecule has 144 valence electrons. The molecule has 1 aliphatic rings. The summed E-state index contributed by atoms with van der Waals surface area (Å²) >= 11 is 0. The Bertz CT molecular complexity index is 1030. The number of aromatic nitrogens is 4. The van der Waals surface area contributed by atoms with E-state index in [2.05, 4.69) is 25.3 Å². The summed E-state index contributed by atoms with van der Waals surface area (Å²) in [4.78, 5) is 40.5. The molecule has 1 saturated heterocycles. The van der Waals surface area contributed by atoms with Crippen LogP contribution in [0, 0.1) is 6.92 Å². The number of aromatic amines is 2. The van der Waals surface area contributed by atoms with Gasteiger partial charge in [-0.05, 0) is 31.9 Å². The fraction of sp³-hybridized carbons (Fsp3) is 0.300. The first kappa shape index (κ1) is 18.0. The quantitative estimate of drug-likeness (QED) is 0.651. The molecule has 1 atom stereocenters. The van der Waals surface area contributed by atoms with Crippen molar-refractivity contribution >= 4 is 11.7 Å². The van der Waals surface area contributed by atoms with E-state index in [1.54, 1.807) is 24.3 Å². The zero-order valence-electron chi connectivity index (χ0n) is 15.6. The van der Waals surface area contributed by atoms with Gasteiger partial charge in [-0.15, -0.1) is 0 Å². The molecular formula is C20H22N6O2. The summed E-state index contributed by atoms with van der Waals surface area (Å²) in [5.41, 5.74) is 3.17. The van der Waals surface area contributed by atoms with Crippen LogP contribution in [-0.4, -0.2) is 44.0 Å². The smallest absolute Gasteiger partial charge is 0.321 e. The van der Waals surface area contributed by atoms with Crippen LogP contribution in [0.1, 0.15) is 30.3 Å². The van der Waals surface area contributed by atoms with E-state index in [-0.39, 0.29) is 17.5 Å². The Morgan fingerprint density at radius 1 is 1.32 bits per heavy atom. The Balaban J connectivity index is 1.46. The van der Waals surface area contributed by atoms with Gasteiger partial charge in [0, 0.05) is 36.3 Å². The van der Waals surface area contributed by atoms with E-state index in [1.165, 1.54) is 6.07 Å². The van der Waals surface area contributed by atoms with Crippen LogP contribution in [-0.2, 0) is 0 Å². The Labute approximate surface area is 162 Å². The highest BCUT2D eigenvalue weighted by molar-refractivity contribution is 5.90. The molecule has 28 heavy (non-hydrogen) atoms. The van der Waals surface area contributed by atoms with Crippen LogP contribution in [0.25, 0.3) is 11.3 Å². The van der Waals surface area contributed by atoms with Crippen molar-refractivity contribution in [3.63, 3.8) is 0 Å². The Morgan fingerprint density at radius 2 is 2.21 bits per heavy atom. The lowest BCUT2D eigenvalue weighted by Gasteiger charge is -2.32. The summed E-state index contributed by atoms with van der Waals surface area (Å²) < 4.78 is 0. The third-order valence-corrected chi connectivity index (χ3v) is 4.93. The minimum absolute atomic E-state index is 0.0665. The standard InChI is InChI=1S/C20H22N6O2/c1-13-23-17(9-19(27)24-13)15-5-3-7-26(11-15)20(28)25-16-6-2-4-14(8-16)18-10-21-12-22-18/h2,4,6,8-10,12,15H,3,5,7,11H2,1H3,(H,21,22)(H,25,28)(H,23,24,27). The summed E-state index contributed by atoms with van der Waals surface area (Å²) in [6.07, 6.45) is 5.15. The van der Waals surface area contributed by atoms with Gasteiger partial charge in [0.1, 0.15) is 5.82 Å². The molecule has 1 aliphatic heterocycles. The van der Waals surface area contributed by atoms with Crippen LogP contribution in [0.5, 0.6) is 0 Å². The first-order valence-electron chi connectivity index (χ1n) is 9.31. The van der Waals surface area contributed by atoms with Gasteiger partial charge in [-0.2, -0.15) is 0 Å². The number of piperidine rings is 1. The van der Waals surface area contributed by atoms with Gasteiger partial charge in [-0.3, -0.25) is 4.79 Å². The molecule has 3 N–H and O–H groups in total. The highest BCUT2D eigenvalue weighted by Gasteiger charge is 2.26. The van der Waals surface area contributed by atoms with Crippen LogP contribution in [0.2, 0.25) is 0 Å². The molecule has 8 heteroatoms. The van der Waals surface area contributed by atoms with Gasteiger partial charge in [0.15, 0.2) is 0 Å². The Kier molecular flexibility index (Phi) is 4.92. The van der Waals surface area contributed by atoms with E-state index >= 15 is 0 Å². The van der Waals surface area contributed by atoms with E-state index < -0.39 is 0 Å². The molecule has 1 aromatic carbocycles. The molecule has 0 aliphatic carbocycles. The largest absolute Gasteiger partial charge is 0.345 e. The number of aryl methyl sites for hydroxylation is 1. The van der Waals surface area contributed by atoms with Gasteiger partial charge in [0.2, 0.25) is 0 Å². The first-order valence-corrected chi connectivity index (χ1v) is 9.31. The number of nitrogens with zero attached hydrogens (tertiary/aromatic N) is 3. The third kappa shape index (κ3) is 3.95. The van der Waals surface area contributed by atoms with E-state index in [4.69, 9.17) is 0 Å². The molecule has 1 unspecified atom stereocenters. The lowest BCUT2D eigenvalue weighted by Crippen LogP contribution is -2.42. The number of carbonyl (C=O) groups excluding carboxylic acids is 1. The molecule has 2 aromatic heterocycles. The van der Waals surface area contributed by atoms with Crippen molar-refractivity contribution in [1.82, 2.24) is 24.8 Å². The summed E-state index contributed by atoms with van der Waals surface area (Å²) in [7, 11) is 0. The van der Waals surface area contributed by atoms with Crippen LogP contribution in [0.3, 0.4) is 0 Å². The fourth-order valence-corrected chi connectivity index (χ4v) is 3.60. The van der Waals surface area contributed by atoms with Crippen LogP contribution < -0.4 is 10.9 Å². The monoisotopic (exact) mass is 378 g/mol. The first-order chi connectivity index (χ1) is 13.6. The van der Waals surface area contributed by atoms with Crippen molar-refractivity contribution < 1.29 is 4.79 Å². The van der Waals surface area contributed by atoms with Gasteiger partial charge in [0.05, 0.1) is 23.9 Å². The summed E-state index contributed by atoms with van der Waals surface area (Å²) in [5, 5.41) is 2.97. The number of nitrogens with one attached hydrogen (secondary N) is 3. The number of carbonyl (C=O) groups is 1. The molecule has 1 fully saturated rings. The van der Waals surface area contributed by atoms with Gasteiger partial charge in [-0.1, -0.05) is 12.1 Å². The highest BCUT2D eigenvalue weighted by atomic mass is 16.2. The van der Waals surface area contributed by atoms with Crippen molar-refractivity contribution in [2.75, 3.05) is 18.4 Å². The maximum Gasteiger partial charge on any atom is 0.321 e. The third-order valence-electron chi connectivity index (χ3n) is 4.93. The second-order valence-electron chi connectivity index (χ2n) is 7.02. The van der Waals surface area contributed by atoms with E-state index in [1.807, 2.05) is 24.3 Å². The second kappa shape index (κ2) is 7.67. The van der Waals surface area contributed by atoms with Crippen LogP contribution in [0.15, 0.2) is 47.7 Å². The summed E-state index contributed by atoms with van der Waals surface area (Å²) in [5.74, 6) is 0.663. The molecular weight excluding hydrogens is 356 g/mol. The van der Waals surface area contributed by atoms with E-state index in [9.17, 15) is 9.59 Å². The van der Waals surface area contributed by atoms with Crippen molar-refractivity contribution in [3.05, 3.63) is 64.7 Å². The van der Waals surface area contributed by atoms with E-state index in [0.29, 0.717) is 18.9 Å². The maximum absolute atomic E-state index is 12.8. The highest BCUT2D eigenvalue weighted by Crippen LogP contribution is 2.26. The molecule has 0 saturated carbocycles. The molecule has 2 amide bonds. The summed E-state index contributed by atoms with van der Waals surface area (Å²) in [6.45, 7) is 3.00. The molecule has 4 rings (SSSR count). The number of urea groups is 1. The van der Waals surface area contributed by atoms with Crippen LogP contribution in [0.4, 0.5) is 10.5 Å². The molecule has 3 aromatic rings. The lowest BCUT2D eigenvalue weighted by atomic mass is 9.94. The molecule has 0 bridgehead atoms. The minimum Gasteiger partial charge on any atom is -0.345 e. The van der Waals surface area contributed by atoms with Gasteiger partial charge in [0.25, 0.3) is 5.56 Å². The van der Waals surface area contributed by atoms with Crippen molar-refractivity contribution in [2.24, 2.45) is 0 Å². The number of anilines is 1. The van der Waals surface area contributed by atoms with E-state index in [0.717, 1.165) is 35.5 Å². The molecule has 0 radical (unpaired) electrons. The topological polar surface area (TPSA) is 107 Å². The SMILES string of the molecule is Cc1nc(C2CCCN(C(=O)Nc3cccc(-c4cnc[nH]4)c3)C2)cc(=O)[nH]1. The zero-order chi connectivity index (χ0) is 19.5. The van der Waals surface area contributed by atoms with Gasteiger partial charge in [-0.25, -0.2) is 14.8 Å². The number of hydrogen-bond donors (Lipinski definition) is 3. The van der Waals surface area contributed by atoms with Crippen molar-refractivity contribution in [3.8, 4) is 11.3 Å². The molecule has 3 heterocycles. The van der Waals surface area contributed by atoms with Gasteiger partial charge >= 0.3 is 6.03 Å². The van der Waals surface area contributed by atoms with Crippen LogP contribution >= 0.6 is 0 Å².